The lowest BCUT2D eigenvalue weighted by Crippen LogP contribution is -2.29. The van der Waals surface area contributed by atoms with Gasteiger partial charge in [0, 0.05) is 12.8 Å². The van der Waals surface area contributed by atoms with Gasteiger partial charge >= 0.3 is 19.8 Å². The molecule has 0 aromatic carbocycles. The highest BCUT2D eigenvalue weighted by Gasteiger charge is 2.27. The van der Waals surface area contributed by atoms with Crippen molar-refractivity contribution in [3.63, 3.8) is 0 Å². The molecular formula is C43H83O10P. The fourth-order valence-electron chi connectivity index (χ4n) is 6.22. The third kappa shape index (κ3) is 39.0. The number of rotatable bonds is 42. The minimum Gasteiger partial charge on any atom is -0.462 e. The largest absolute Gasteiger partial charge is 0.472 e. The van der Waals surface area contributed by atoms with E-state index in [9.17, 15) is 24.2 Å². The molecule has 3 N–H and O–H groups in total. The molecule has 0 bridgehead atoms. The van der Waals surface area contributed by atoms with Crippen LogP contribution in [0.2, 0.25) is 0 Å². The average Bonchev–Trinajstić information content (AvgIpc) is 3.16. The second-order valence-corrected chi connectivity index (χ2v) is 16.5. The predicted octanol–water partition coefficient (Wildman–Crippen LogP) is 11.6. The van der Waals surface area contributed by atoms with Crippen LogP contribution in [0.5, 0.6) is 0 Å². The number of allylic oxidation sites excluding steroid dienone is 2. The van der Waals surface area contributed by atoms with Gasteiger partial charge in [-0.1, -0.05) is 174 Å². The molecule has 0 spiro atoms. The Labute approximate surface area is 330 Å². The molecular weight excluding hydrogens is 707 g/mol. The van der Waals surface area contributed by atoms with Crippen molar-refractivity contribution in [2.24, 2.45) is 0 Å². The summed E-state index contributed by atoms with van der Waals surface area (Å²) in [5.41, 5.74) is 0. The molecule has 0 saturated heterocycles. The summed E-state index contributed by atoms with van der Waals surface area (Å²) in [6.07, 6.45) is 37.5. The zero-order valence-corrected chi connectivity index (χ0v) is 35.6. The highest BCUT2D eigenvalue weighted by atomic mass is 31.2. The van der Waals surface area contributed by atoms with Gasteiger partial charge in [0.2, 0.25) is 0 Å². The summed E-state index contributed by atoms with van der Waals surface area (Å²) < 4.78 is 32.7. The Morgan fingerprint density at radius 2 is 0.907 bits per heavy atom. The Morgan fingerprint density at radius 3 is 1.35 bits per heavy atom. The van der Waals surface area contributed by atoms with E-state index in [1.807, 2.05) is 0 Å². The highest BCUT2D eigenvalue weighted by molar-refractivity contribution is 7.47. The number of unbranched alkanes of at least 4 members (excludes halogenated alkanes) is 26. The van der Waals surface area contributed by atoms with Crippen LogP contribution in [0, 0.1) is 0 Å². The van der Waals surface area contributed by atoms with Crippen LogP contribution in [0.25, 0.3) is 0 Å². The summed E-state index contributed by atoms with van der Waals surface area (Å²) in [6, 6.07) is 0. The molecule has 320 valence electrons. The molecule has 0 aliphatic carbocycles. The molecule has 11 heteroatoms. The first kappa shape index (κ1) is 52.7. The van der Waals surface area contributed by atoms with Gasteiger partial charge in [0.1, 0.15) is 12.7 Å². The SMILES string of the molecule is CCCCCCCCCC/C=C/CCCCCC(=O)O[C@H](COC(=O)CCCCCCCCCCCCCCCCCC)COP(=O)(O)OC[C@@H](O)CO. The molecule has 1 unspecified atom stereocenters. The summed E-state index contributed by atoms with van der Waals surface area (Å²) in [7, 11) is -4.61. The van der Waals surface area contributed by atoms with E-state index in [1.54, 1.807) is 0 Å². The van der Waals surface area contributed by atoms with Gasteiger partial charge in [-0.2, -0.15) is 0 Å². The molecule has 3 atom stereocenters. The van der Waals surface area contributed by atoms with E-state index in [4.69, 9.17) is 19.1 Å². The lowest BCUT2D eigenvalue weighted by atomic mass is 10.0. The van der Waals surface area contributed by atoms with Crippen molar-refractivity contribution in [1.82, 2.24) is 0 Å². The van der Waals surface area contributed by atoms with E-state index in [-0.39, 0.29) is 19.4 Å². The molecule has 0 rings (SSSR count). The van der Waals surface area contributed by atoms with Crippen molar-refractivity contribution in [2.45, 2.75) is 225 Å². The molecule has 0 aromatic rings. The van der Waals surface area contributed by atoms with Gasteiger partial charge in [0.25, 0.3) is 0 Å². The molecule has 0 radical (unpaired) electrons. The second-order valence-electron chi connectivity index (χ2n) is 15.1. The van der Waals surface area contributed by atoms with Gasteiger partial charge in [-0.25, -0.2) is 4.57 Å². The third-order valence-corrected chi connectivity index (χ3v) is 10.6. The number of hydrogen-bond acceptors (Lipinski definition) is 9. The molecule has 0 aliphatic rings. The van der Waals surface area contributed by atoms with Gasteiger partial charge in [-0.3, -0.25) is 18.6 Å². The van der Waals surface area contributed by atoms with E-state index in [2.05, 4.69) is 30.5 Å². The van der Waals surface area contributed by atoms with E-state index < -0.39 is 51.8 Å². The number of esters is 2. The number of phosphoric acid groups is 1. The van der Waals surface area contributed by atoms with Crippen LogP contribution in [0.1, 0.15) is 213 Å². The molecule has 0 heterocycles. The first-order chi connectivity index (χ1) is 26.2. The Balaban J connectivity index is 4.27. The average molecular weight is 791 g/mol. The number of ether oxygens (including phenoxy) is 2. The monoisotopic (exact) mass is 791 g/mol. The molecule has 0 aliphatic heterocycles. The lowest BCUT2D eigenvalue weighted by Gasteiger charge is -2.20. The van der Waals surface area contributed by atoms with Crippen LogP contribution < -0.4 is 0 Å². The van der Waals surface area contributed by atoms with Crippen LogP contribution in [0.15, 0.2) is 12.2 Å². The Kier molecular flexibility index (Phi) is 39.0. The fourth-order valence-corrected chi connectivity index (χ4v) is 7.01. The maximum absolute atomic E-state index is 12.6. The van der Waals surface area contributed by atoms with Crippen LogP contribution in [0.4, 0.5) is 0 Å². The van der Waals surface area contributed by atoms with Crippen molar-refractivity contribution in [2.75, 3.05) is 26.4 Å². The van der Waals surface area contributed by atoms with E-state index in [0.717, 1.165) is 44.9 Å². The number of phosphoric ester groups is 1. The molecule has 0 fully saturated rings. The van der Waals surface area contributed by atoms with Gasteiger partial charge in [-0.05, 0) is 38.5 Å². The van der Waals surface area contributed by atoms with E-state index in [0.29, 0.717) is 12.8 Å². The smallest absolute Gasteiger partial charge is 0.462 e. The van der Waals surface area contributed by atoms with Crippen molar-refractivity contribution in [3.05, 3.63) is 12.2 Å². The Morgan fingerprint density at radius 1 is 0.537 bits per heavy atom. The van der Waals surface area contributed by atoms with Crippen molar-refractivity contribution in [1.29, 1.82) is 0 Å². The number of aliphatic hydroxyl groups is 2. The fraction of sp³-hybridized carbons (Fsp3) is 0.907. The van der Waals surface area contributed by atoms with Gasteiger partial charge in [0.15, 0.2) is 6.10 Å². The quantitative estimate of drug-likeness (QED) is 0.0236. The minimum atomic E-state index is -4.61. The summed E-state index contributed by atoms with van der Waals surface area (Å²) in [5.74, 6) is -0.932. The summed E-state index contributed by atoms with van der Waals surface area (Å²) >= 11 is 0. The second kappa shape index (κ2) is 39.9. The zero-order chi connectivity index (χ0) is 39.8. The van der Waals surface area contributed by atoms with Gasteiger partial charge in [-0.15, -0.1) is 0 Å². The Bertz CT molecular complexity index is 915. The highest BCUT2D eigenvalue weighted by Crippen LogP contribution is 2.43. The first-order valence-electron chi connectivity index (χ1n) is 22.1. The molecule has 0 saturated carbocycles. The summed E-state index contributed by atoms with van der Waals surface area (Å²) in [5, 5.41) is 18.3. The Hall–Kier alpha value is -1.29. The van der Waals surface area contributed by atoms with Crippen LogP contribution in [-0.4, -0.2) is 65.7 Å². The van der Waals surface area contributed by atoms with Crippen molar-refractivity contribution in [3.8, 4) is 0 Å². The molecule has 0 aromatic heterocycles. The predicted molar refractivity (Wildman–Crippen MR) is 219 cm³/mol. The standard InChI is InChI=1S/C43H83O10P/c1-3-5-7-9-11-13-15-17-19-21-22-24-26-28-30-32-34-42(46)50-38-41(39-52-54(48,49)51-37-40(45)36-44)53-43(47)35-33-31-29-27-25-23-20-18-16-14-12-10-8-6-4-2/h23,25,40-41,44-45H,3-22,24,26-39H2,1-2H3,(H,48,49)/b25-23+/t40-,41+/m0/s1. The van der Waals surface area contributed by atoms with Crippen LogP contribution >= 0.6 is 7.82 Å². The topological polar surface area (TPSA) is 149 Å². The molecule has 0 amide bonds. The van der Waals surface area contributed by atoms with Crippen LogP contribution in [0.3, 0.4) is 0 Å². The minimum absolute atomic E-state index is 0.168. The lowest BCUT2D eigenvalue weighted by molar-refractivity contribution is -0.161. The third-order valence-electron chi connectivity index (χ3n) is 9.67. The van der Waals surface area contributed by atoms with E-state index >= 15 is 0 Å². The molecule has 54 heavy (non-hydrogen) atoms. The summed E-state index contributed by atoms with van der Waals surface area (Å²) in [4.78, 5) is 35.0. The maximum atomic E-state index is 12.6. The number of aliphatic hydroxyl groups excluding tert-OH is 2. The normalized spacial score (nSPS) is 13.9. The molecule has 10 nitrogen and oxygen atoms in total. The van der Waals surface area contributed by atoms with Crippen LogP contribution in [-0.2, 0) is 32.7 Å². The van der Waals surface area contributed by atoms with Crippen molar-refractivity contribution >= 4 is 19.8 Å². The van der Waals surface area contributed by atoms with E-state index in [1.165, 1.54) is 128 Å². The first-order valence-corrected chi connectivity index (χ1v) is 23.6. The summed E-state index contributed by atoms with van der Waals surface area (Å²) in [6.45, 7) is 2.39. The number of hydrogen-bond donors (Lipinski definition) is 3. The maximum Gasteiger partial charge on any atom is 0.472 e. The number of carbonyl (C=O) groups excluding carboxylic acids is 2. The van der Waals surface area contributed by atoms with Gasteiger partial charge in [0.05, 0.1) is 19.8 Å². The van der Waals surface area contributed by atoms with Crippen molar-refractivity contribution < 1.29 is 47.8 Å². The van der Waals surface area contributed by atoms with Gasteiger partial charge < -0.3 is 24.6 Å². The number of carbonyl (C=O) groups is 2. The zero-order valence-electron chi connectivity index (χ0n) is 34.7.